The predicted octanol–water partition coefficient (Wildman–Crippen LogP) is 4.62. The van der Waals surface area contributed by atoms with Crippen molar-refractivity contribution in [3.63, 3.8) is 0 Å². The highest BCUT2D eigenvalue weighted by atomic mass is 19.2. The Hall–Kier alpha value is -4.61. The lowest BCUT2D eigenvalue weighted by atomic mass is 9.93. The van der Waals surface area contributed by atoms with Gasteiger partial charge < -0.3 is 13.9 Å². The van der Waals surface area contributed by atoms with Crippen LogP contribution in [0.1, 0.15) is 44.6 Å². The van der Waals surface area contributed by atoms with Gasteiger partial charge in [-0.1, -0.05) is 13.8 Å². The van der Waals surface area contributed by atoms with Crippen LogP contribution in [0.5, 0.6) is 11.5 Å². The third kappa shape index (κ3) is 5.67. The highest BCUT2D eigenvalue weighted by Gasteiger charge is 2.26. The van der Waals surface area contributed by atoms with Gasteiger partial charge in [-0.15, -0.1) is 0 Å². The van der Waals surface area contributed by atoms with Crippen molar-refractivity contribution in [3.8, 4) is 22.8 Å². The maximum Gasteiger partial charge on any atom is 0.266 e. The zero-order valence-corrected chi connectivity index (χ0v) is 22.9. The molecule has 1 N–H and O–H groups in total. The van der Waals surface area contributed by atoms with E-state index < -0.39 is 11.6 Å². The number of hydrazone groups is 1. The summed E-state index contributed by atoms with van der Waals surface area (Å²) >= 11 is 0. The van der Waals surface area contributed by atoms with E-state index in [4.69, 9.17) is 13.9 Å². The summed E-state index contributed by atoms with van der Waals surface area (Å²) in [5.74, 6) is -1.90. The summed E-state index contributed by atoms with van der Waals surface area (Å²) in [6, 6.07) is 9.40. The number of nitrogens with one attached hydrogen (secondary N) is 1. The van der Waals surface area contributed by atoms with Crippen molar-refractivity contribution < 1.29 is 27.5 Å². The Morgan fingerprint density at radius 2 is 1.83 bits per heavy atom. The number of methoxy groups -OCH3 is 1. The van der Waals surface area contributed by atoms with Crippen molar-refractivity contribution in [1.29, 1.82) is 0 Å². The molecule has 1 aliphatic rings. The summed E-state index contributed by atoms with van der Waals surface area (Å²) in [4.78, 5) is 28.4. The predicted molar refractivity (Wildman–Crippen MR) is 147 cm³/mol. The Bertz CT molecular complexity index is 1700. The quantitative estimate of drug-likeness (QED) is 0.279. The zero-order valence-electron chi connectivity index (χ0n) is 22.9. The molecular formula is C29H29F2N5O5. The van der Waals surface area contributed by atoms with Gasteiger partial charge in [-0.3, -0.25) is 9.59 Å². The number of amides is 1. The van der Waals surface area contributed by atoms with E-state index in [0.717, 1.165) is 0 Å². The molecule has 3 heterocycles. The first-order chi connectivity index (χ1) is 19.8. The molecule has 0 bridgehead atoms. The number of aromatic nitrogens is 3. The number of hydrogen-bond donors (Lipinski definition) is 1. The molecule has 41 heavy (non-hydrogen) atoms. The fourth-order valence-corrected chi connectivity index (χ4v) is 4.66. The van der Waals surface area contributed by atoms with Gasteiger partial charge in [-0.05, 0) is 43.2 Å². The van der Waals surface area contributed by atoms with Crippen molar-refractivity contribution in [1.82, 2.24) is 20.2 Å². The number of hydrogen-bond acceptors (Lipinski definition) is 8. The largest absolute Gasteiger partial charge is 0.494 e. The highest BCUT2D eigenvalue weighted by molar-refractivity contribution is 6.06. The van der Waals surface area contributed by atoms with Gasteiger partial charge in [0.1, 0.15) is 5.75 Å². The average Bonchev–Trinajstić information content (AvgIpc) is 3.41. The lowest BCUT2D eigenvalue weighted by Gasteiger charge is -2.20. The molecule has 5 rings (SSSR count). The maximum atomic E-state index is 14.8. The number of aryl methyl sites for hydroxylation is 2. The molecule has 2 aromatic carbocycles. The second kappa shape index (κ2) is 11.9. The van der Waals surface area contributed by atoms with Crippen LogP contribution in [0, 0.1) is 17.6 Å². The van der Waals surface area contributed by atoms with Gasteiger partial charge in [0.15, 0.2) is 28.6 Å². The van der Waals surface area contributed by atoms with E-state index in [0.29, 0.717) is 59.8 Å². The molecule has 1 atom stereocenters. The number of oxazole rings is 1. The van der Waals surface area contributed by atoms with E-state index in [1.165, 1.54) is 22.9 Å². The van der Waals surface area contributed by atoms with Crippen LogP contribution in [0.4, 0.5) is 8.78 Å². The smallest absolute Gasteiger partial charge is 0.266 e. The van der Waals surface area contributed by atoms with Gasteiger partial charge in [0, 0.05) is 42.5 Å². The molecule has 10 nitrogen and oxygen atoms in total. The summed E-state index contributed by atoms with van der Waals surface area (Å²) in [6.07, 6.45) is 1.73. The second-order valence-electron chi connectivity index (χ2n) is 9.67. The molecule has 0 aliphatic carbocycles. The van der Waals surface area contributed by atoms with E-state index in [1.807, 2.05) is 13.0 Å². The van der Waals surface area contributed by atoms with Crippen molar-refractivity contribution in [3.05, 3.63) is 69.8 Å². The Balaban J connectivity index is 1.23. The lowest BCUT2D eigenvalue weighted by Crippen LogP contribution is -2.32. The fraction of sp³-hybridized carbons (Fsp3) is 0.345. The molecule has 0 radical (unpaired) electrons. The molecule has 4 aromatic rings. The van der Waals surface area contributed by atoms with E-state index in [-0.39, 0.29) is 47.4 Å². The monoisotopic (exact) mass is 565 g/mol. The Morgan fingerprint density at radius 1 is 1.05 bits per heavy atom. The van der Waals surface area contributed by atoms with Crippen LogP contribution in [0.2, 0.25) is 0 Å². The maximum absolute atomic E-state index is 14.8. The van der Waals surface area contributed by atoms with Crippen LogP contribution in [-0.4, -0.2) is 40.1 Å². The highest BCUT2D eigenvalue weighted by Crippen LogP contribution is 2.34. The fourth-order valence-electron chi connectivity index (χ4n) is 4.66. The molecule has 0 saturated heterocycles. The molecule has 1 amide bonds. The second-order valence-corrected chi connectivity index (χ2v) is 9.67. The number of rotatable bonds is 10. The normalized spacial score (nSPS) is 15.1. The van der Waals surface area contributed by atoms with E-state index in [1.54, 1.807) is 26.2 Å². The first-order valence-corrected chi connectivity index (χ1v) is 13.3. The van der Waals surface area contributed by atoms with Gasteiger partial charge in [-0.2, -0.15) is 14.6 Å². The van der Waals surface area contributed by atoms with Crippen LogP contribution in [0.3, 0.4) is 0 Å². The first kappa shape index (κ1) is 27.9. The van der Waals surface area contributed by atoms with E-state index in [2.05, 4.69) is 20.6 Å². The van der Waals surface area contributed by atoms with Crippen LogP contribution >= 0.6 is 0 Å². The third-order valence-electron chi connectivity index (χ3n) is 6.82. The van der Waals surface area contributed by atoms with Crippen molar-refractivity contribution in [2.75, 3.05) is 13.7 Å². The Labute approximate surface area is 234 Å². The lowest BCUT2D eigenvalue weighted by molar-refractivity contribution is -0.121. The van der Waals surface area contributed by atoms with Gasteiger partial charge in [0.25, 0.3) is 5.56 Å². The summed E-state index contributed by atoms with van der Waals surface area (Å²) in [5, 5.41) is 8.41. The number of ether oxygens (including phenoxy) is 2. The minimum atomic E-state index is -1.12. The molecule has 1 unspecified atom stereocenters. The first-order valence-electron chi connectivity index (χ1n) is 13.3. The van der Waals surface area contributed by atoms with Crippen LogP contribution in [0.25, 0.3) is 22.4 Å². The number of carbonyl (C=O) groups is 1. The minimum absolute atomic E-state index is 0.0157. The number of benzene rings is 2. The van der Waals surface area contributed by atoms with Crippen LogP contribution in [0.15, 0.2) is 50.7 Å². The zero-order chi connectivity index (χ0) is 29.1. The number of carbonyl (C=O) groups excluding carboxylic acids is 1. The average molecular weight is 566 g/mol. The SMILES string of the molecule is CCc1nc2c(OC)ccc(-c3ccc(=O)n(CCCCOc4ccc(C5=NNC(=O)CC5C)c(F)c4F)n3)c2o1. The summed E-state index contributed by atoms with van der Waals surface area (Å²) in [6.45, 7) is 4.07. The topological polar surface area (TPSA) is 121 Å². The summed E-state index contributed by atoms with van der Waals surface area (Å²) in [7, 11) is 1.56. The van der Waals surface area contributed by atoms with Gasteiger partial charge in [-0.25, -0.2) is 19.5 Å². The van der Waals surface area contributed by atoms with Crippen LogP contribution in [-0.2, 0) is 17.8 Å². The number of nitrogens with zero attached hydrogens (tertiary/aromatic N) is 4. The summed E-state index contributed by atoms with van der Waals surface area (Å²) in [5.41, 5.74) is 4.63. The number of unbranched alkanes of at least 4 members (excludes halogenated alkanes) is 1. The number of halogens is 2. The van der Waals surface area contributed by atoms with E-state index in [9.17, 15) is 18.4 Å². The van der Waals surface area contributed by atoms with Crippen molar-refractivity contribution >= 4 is 22.7 Å². The van der Waals surface area contributed by atoms with Crippen molar-refractivity contribution in [2.45, 2.75) is 46.1 Å². The molecule has 12 heteroatoms. The molecule has 214 valence electrons. The van der Waals surface area contributed by atoms with Gasteiger partial charge >= 0.3 is 0 Å². The minimum Gasteiger partial charge on any atom is -0.494 e. The Morgan fingerprint density at radius 3 is 2.59 bits per heavy atom. The van der Waals surface area contributed by atoms with Crippen LogP contribution < -0.4 is 20.5 Å². The number of fused-ring (bicyclic) bond motifs is 1. The molecule has 0 saturated carbocycles. The molecular weight excluding hydrogens is 536 g/mol. The molecule has 2 aromatic heterocycles. The van der Waals surface area contributed by atoms with Gasteiger partial charge in [0.2, 0.25) is 11.7 Å². The molecule has 0 fully saturated rings. The third-order valence-corrected chi connectivity index (χ3v) is 6.82. The molecule has 0 spiro atoms. The summed E-state index contributed by atoms with van der Waals surface area (Å²) < 4.78 is 47.7. The standard InChI is InChI=1S/C29H29F2N5O5/c1-4-23-32-28-21(39-3)11-7-17(29(28)41-23)19-9-12-24(38)36(35-19)13-5-6-14-40-20-10-8-18(25(30)26(20)31)27-16(2)15-22(37)33-34-27/h7-12,16H,4-6,13-15H2,1-3H3,(H,33,37). The van der Waals surface area contributed by atoms with Gasteiger partial charge in [0.05, 0.1) is 25.1 Å². The van der Waals surface area contributed by atoms with E-state index >= 15 is 0 Å². The Kier molecular flexibility index (Phi) is 8.09. The molecule has 1 aliphatic heterocycles. The van der Waals surface area contributed by atoms with Crippen molar-refractivity contribution in [2.24, 2.45) is 11.0 Å².